The van der Waals surface area contributed by atoms with Crippen molar-refractivity contribution < 1.29 is 19.4 Å². The summed E-state index contributed by atoms with van der Waals surface area (Å²) in [6.45, 7) is 6.60. The van der Waals surface area contributed by atoms with E-state index in [2.05, 4.69) is 23.9 Å². The Balaban J connectivity index is 2.67. The molecule has 0 aromatic carbocycles. The smallest absolute Gasteiger partial charge is 0.319 e. The van der Waals surface area contributed by atoms with E-state index in [0.29, 0.717) is 19.6 Å². The first kappa shape index (κ1) is 19.8. The van der Waals surface area contributed by atoms with Gasteiger partial charge in [-0.2, -0.15) is 0 Å². The van der Waals surface area contributed by atoms with Crippen LogP contribution in [-0.2, 0) is 14.3 Å². The van der Waals surface area contributed by atoms with Gasteiger partial charge in [0.25, 0.3) is 0 Å². The molecule has 134 valence electrons. The number of aliphatic carboxylic acids is 1. The minimum atomic E-state index is -0.820. The van der Waals surface area contributed by atoms with Crippen molar-refractivity contribution in [2.45, 2.75) is 0 Å². The Bertz CT molecular complexity index is 380. The molecule has 1 fully saturated rings. The van der Waals surface area contributed by atoms with E-state index in [1.807, 2.05) is 9.80 Å². The summed E-state index contributed by atoms with van der Waals surface area (Å²) >= 11 is 0. The summed E-state index contributed by atoms with van der Waals surface area (Å²) in [5.41, 5.74) is 0. The van der Waals surface area contributed by atoms with E-state index in [0.717, 1.165) is 32.7 Å². The molecule has 0 spiro atoms. The van der Waals surface area contributed by atoms with Gasteiger partial charge in [0.15, 0.2) is 0 Å². The van der Waals surface area contributed by atoms with Crippen LogP contribution in [-0.4, -0.2) is 123 Å². The van der Waals surface area contributed by atoms with Crippen LogP contribution in [0.2, 0.25) is 0 Å². The van der Waals surface area contributed by atoms with Crippen molar-refractivity contribution in [2.75, 3.05) is 86.7 Å². The molecule has 0 aliphatic carbocycles. The number of ether oxygens (including phenoxy) is 1. The first-order valence-corrected chi connectivity index (χ1v) is 8.01. The van der Waals surface area contributed by atoms with Crippen LogP contribution in [0.5, 0.6) is 0 Å². The third-order valence-corrected chi connectivity index (χ3v) is 4.13. The molecule has 0 amide bonds. The number of methoxy groups -OCH3 is 1. The van der Waals surface area contributed by atoms with Crippen molar-refractivity contribution in [1.29, 1.82) is 0 Å². The van der Waals surface area contributed by atoms with Gasteiger partial charge < -0.3 is 19.6 Å². The van der Waals surface area contributed by atoms with Gasteiger partial charge in [-0.25, -0.2) is 0 Å². The summed E-state index contributed by atoms with van der Waals surface area (Å²) in [4.78, 5) is 31.0. The fourth-order valence-corrected chi connectivity index (χ4v) is 2.45. The second kappa shape index (κ2) is 10.5. The highest BCUT2D eigenvalue weighted by molar-refractivity contribution is 5.71. The van der Waals surface area contributed by atoms with E-state index in [4.69, 9.17) is 9.84 Å². The minimum absolute atomic E-state index is 0.0276. The molecule has 8 nitrogen and oxygen atoms in total. The molecule has 23 heavy (non-hydrogen) atoms. The number of rotatable bonds is 4. The lowest BCUT2D eigenvalue weighted by molar-refractivity contribution is -0.142. The number of hydrogen-bond donors (Lipinski definition) is 1. The van der Waals surface area contributed by atoms with Crippen LogP contribution in [0.4, 0.5) is 0 Å². The summed E-state index contributed by atoms with van der Waals surface area (Å²) in [6, 6.07) is 0. The maximum atomic E-state index is 11.5. The second-order valence-corrected chi connectivity index (χ2v) is 6.13. The average molecular weight is 330 g/mol. The van der Waals surface area contributed by atoms with Crippen LogP contribution in [0.1, 0.15) is 0 Å². The standard InChI is InChI=1S/C15H30N4O4/c1-16-4-5-17(2)7-9-19(13-15(22)23-3)11-10-18(8-6-16)12-14(20)21/h4-13H2,1-3H3,(H,20,21). The zero-order chi connectivity index (χ0) is 17.2. The van der Waals surface area contributed by atoms with Crippen molar-refractivity contribution in [3.63, 3.8) is 0 Å². The number of carbonyl (C=O) groups is 2. The summed E-state index contributed by atoms with van der Waals surface area (Å²) in [5.74, 6) is -1.08. The van der Waals surface area contributed by atoms with Crippen LogP contribution in [0, 0.1) is 0 Å². The third kappa shape index (κ3) is 8.85. The maximum absolute atomic E-state index is 11.5. The number of carboxylic acids is 1. The summed E-state index contributed by atoms with van der Waals surface area (Å²) in [7, 11) is 5.52. The Morgan fingerprint density at radius 1 is 0.826 bits per heavy atom. The molecule has 1 rings (SSSR count). The predicted molar refractivity (Wildman–Crippen MR) is 87.5 cm³/mol. The van der Waals surface area contributed by atoms with Crippen LogP contribution in [0.15, 0.2) is 0 Å². The lowest BCUT2D eigenvalue weighted by atomic mass is 10.3. The molecular formula is C15H30N4O4. The fraction of sp³-hybridized carbons (Fsp3) is 0.867. The summed E-state index contributed by atoms with van der Waals surface area (Å²) in [6.07, 6.45) is 0. The minimum Gasteiger partial charge on any atom is -0.480 e. The van der Waals surface area contributed by atoms with Crippen molar-refractivity contribution in [2.24, 2.45) is 0 Å². The molecule has 0 unspecified atom stereocenters. The quantitative estimate of drug-likeness (QED) is 0.639. The highest BCUT2D eigenvalue weighted by Gasteiger charge is 2.17. The number of esters is 1. The molecule has 1 saturated heterocycles. The molecule has 0 atom stereocenters. The molecular weight excluding hydrogens is 300 g/mol. The van der Waals surface area contributed by atoms with Crippen molar-refractivity contribution in [1.82, 2.24) is 19.6 Å². The van der Waals surface area contributed by atoms with Gasteiger partial charge in [-0.1, -0.05) is 0 Å². The first-order valence-electron chi connectivity index (χ1n) is 8.01. The van der Waals surface area contributed by atoms with Gasteiger partial charge >= 0.3 is 11.9 Å². The SMILES string of the molecule is COC(=O)CN1CCN(C)CCN(C)CCN(CC(=O)O)CC1. The maximum Gasteiger partial charge on any atom is 0.319 e. The van der Waals surface area contributed by atoms with E-state index in [1.165, 1.54) is 7.11 Å². The molecule has 0 saturated carbocycles. The summed E-state index contributed by atoms with van der Waals surface area (Å²) in [5, 5.41) is 9.05. The molecule has 0 bridgehead atoms. The molecule has 1 aliphatic heterocycles. The van der Waals surface area contributed by atoms with Crippen molar-refractivity contribution >= 4 is 11.9 Å². The first-order chi connectivity index (χ1) is 10.9. The van der Waals surface area contributed by atoms with Crippen LogP contribution in [0.3, 0.4) is 0 Å². The molecule has 8 heteroatoms. The van der Waals surface area contributed by atoms with Crippen molar-refractivity contribution in [3.8, 4) is 0 Å². The third-order valence-electron chi connectivity index (χ3n) is 4.13. The topological polar surface area (TPSA) is 76.6 Å². The number of hydrogen-bond acceptors (Lipinski definition) is 7. The highest BCUT2D eigenvalue weighted by Crippen LogP contribution is 1.99. The molecule has 0 aromatic heterocycles. The Morgan fingerprint density at radius 2 is 1.22 bits per heavy atom. The molecule has 0 radical (unpaired) electrons. The Morgan fingerprint density at radius 3 is 1.65 bits per heavy atom. The Kier molecular flexibility index (Phi) is 9.08. The van der Waals surface area contributed by atoms with Crippen LogP contribution < -0.4 is 0 Å². The molecule has 1 heterocycles. The van der Waals surface area contributed by atoms with Gasteiger partial charge in [-0.3, -0.25) is 19.4 Å². The summed E-state index contributed by atoms with van der Waals surface area (Å²) < 4.78 is 4.75. The highest BCUT2D eigenvalue weighted by atomic mass is 16.5. The predicted octanol–water partition coefficient (Wildman–Crippen LogP) is -1.27. The van der Waals surface area contributed by atoms with Gasteiger partial charge in [-0.05, 0) is 14.1 Å². The van der Waals surface area contributed by atoms with Gasteiger partial charge in [-0.15, -0.1) is 0 Å². The van der Waals surface area contributed by atoms with Gasteiger partial charge in [0, 0.05) is 52.4 Å². The lowest BCUT2D eigenvalue weighted by Gasteiger charge is -2.31. The second-order valence-electron chi connectivity index (χ2n) is 6.13. The van der Waals surface area contributed by atoms with Crippen LogP contribution in [0.25, 0.3) is 0 Å². The monoisotopic (exact) mass is 330 g/mol. The normalized spacial score (nSPS) is 21.3. The number of likely N-dealkylation sites (N-methyl/N-ethyl adjacent to an activating group) is 2. The van der Waals surface area contributed by atoms with E-state index in [9.17, 15) is 9.59 Å². The number of carbonyl (C=O) groups excluding carboxylic acids is 1. The Labute approximate surface area is 138 Å². The molecule has 1 aliphatic rings. The zero-order valence-electron chi connectivity index (χ0n) is 14.5. The van der Waals surface area contributed by atoms with E-state index in [1.54, 1.807) is 0 Å². The molecule has 1 N–H and O–H groups in total. The largest absolute Gasteiger partial charge is 0.480 e. The fourth-order valence-electron chi connectivity index (χ4n) is 2.45. The number of carboxylic acid groups (broad SMARTS) is 1. The van der Waals surface area contributed by atoms with Gasteiger partial charge in [0.05, 0.1) is 20.2 Å². The van der Waals surface area contributed by atoms with Gasteiger partial charge in [0.2, 0.25) is 0 Å². The molecule has 0 aromatic rings. The van der Waals surface area contributed by atoms with Gasteiger partial charge in [0.1, 0.15) is 0 Å². The lowest BCUT2D eigenvalue weighted by Crippen LogP contribution is -2.46. The van der Waals surface area contributed by atoms with Crippen molar-refractivity contribution in [3.05, 3.63) is 0 Å². The van der Waals surface area contributed by atoms with E-state index >= 15 is 0 Å². The average Bonchev–Trinajstić information content (AvgIpc) is 2.50. The van der Waals surface area contributed by atoms with E-state index < -0.39 is 5.97 Å². The van der Waals surface area contributed by atoms with Crippen LogP contribution >= 0.6 is 0 Å². The Hall–Kier alpha value is -1.22. The zero-order valence-corrected chi connectivity index (χ0v) is 14.5. The number of nitrogens with zero attached hydrogens (tertiary/aromatic N) is 4. The van der Waals surface area contributed by atoms with E-state index in [-0.39, 0.29) is 19.1 Å².